The zero-order chi connectivity index (χ0) is 8.93. The summed E-state index contributed by atoms with van der Waals surface area (Å²) in [6.45, 7) is 0. The van der Waals surface area contributed by atoms with Gasteiger partial charge in [0.1, 0.15) is 0 Å². The van der Waals surface area contributed by atoms with Crippen molar-refractivity contribution in [1.29, 1.82) is 0 Å². The highest BCUT2D eigenvalue weighted by Crippen LogP contribution is 2.26. The van der Waals surface area contributed by atoms with Gasteiger partial charge >= 0.3 is 0 Å². The van der Waals surface area contributed by atoms with Gasteiger partial charge < -0.3 is 0 Å². The molecule has 0 fully saturated rings. The monoisotopic (exact) mass is 173 g/mol. The van der Waals surface area contributed by atoms with Crippen molar-refractivity contribution in [3.8, 4) is 0 Å². The highest BCUT2D eigenvalue weighted by Gasteiger charge is 2.11. The van der Waals surface area contributed by atoms with Crippen LogP contribution in [0.4, 0.5) is 0 Å². The first-order valence-electron chi connectivity index (χ1n) is 5.03. The van der Waals surface area contributed by atoms with Crippen molar-refractivity contribution in [2.75, 3.05) is 0 Å². The minimum Gasteiger partial charge on any atom is -0.261 e. The van der Waals surface area contributed by atoms with E-state index in [9.17, 15) is 0 Å². The quantitative estimate of drug-likeness (QED) is 0.594. The van der Waals surface area contributed by atoms with Crippen LogP contribution in [0.3, 0.4) is 0 Å². The van der Waals surface area contributed by atoms with Gasteiger partial charge in [-0.05, 0) is 37.8 Å². The van der Waals surface area contributed by atoms with Crippen molar-refractivity contribution in [3.05, 3.63) is 42.2 Å². The van der Waals surface area contributed by atoms with Gasteiger partial charge in [0.05, 0.1) is 0 Å². The predicted molar refractivity (Wildman–Crippen MR) is 54.6 cm³/mol. The second-order valence-corrected chi connectivity index (χ2v) is 3.59. The maximum Gasteiger partial charge on any atom is 0.0437 e. The Hall–Kier alpha value is -1.11. The summed E-state index contributed by atoms with van der Waals surface area (Å²) in [5.41, 5.74) is 1.26. The fraction of sp³-hybridized carbons (Fsp3) is 0.417. The first kappa shape index (κ1) is 8.49. The lowest BCUT2D eigenvalue weighted by Crippen LogP contribution is -1.98. The maximum absolute atomic E-state index is 4.41. The van der Waals surface area contributed by atoms with E-state index in [1.165, 1.54) is 25.0 Å². The van der Waals surface area contributed by atoms with Gasteiger partial charge in [0.2, 0.25) is 0 Å². The molecule has 0 radical (unpaired) electrons. The molecule has 13 heavy (non-hydrogen) atoms. The second kappa shape index (κ2) is 4.22. The van der Waals surface area contributed by atoms with Gasteiger partial charge in [0.15, 0.2) is 0 Å². The average molecular weight is 173 g/mol. The van der Waals surface area contributed by atoms with Crippen molar-refractivity contribution in [1.82, 2.24) is 4.98 Å². The number of rotatable bonds is 1. The first-order chi connectivity index (χ1) is 6.47. The van der Waals surface area contributed by atoms with Gasteiger partial charge in [0, 0.05) is 17.8 Å². The first-order valence-corrected chi connectivity index (χ1v) is 5.03. The number of aromatic nitrogens is 1. The molecule has 1 nitrogen and oxygen atoms in total. The number of hydrogen-bond donors (Lipinski definition) is 0. The Bertz CT molecular complexity index is 276. The van der Waals surface area contributed by atoms with Crippen molar-refractivity contribution in [3.63, 3.8) is 0 Å². The van der Waals surface area contributed by atoms with Crippen LogP contribution in [0.2, 0.25) is 0 Å². The third kappa shape index (κ3) is 2.18. The molecule has 0 spiro atoms. The molecule has 2 rings (SSSR count). The molecule has 1 aliphatic rings. The summed E-state index contributed by atoms with van der Waals surface area (Å²) >= 11 is 0. The van der Waals surface area contributed by atoms with Gasteiger partial charge in [-0.3, -0.25) is 4.98 Å². The predicted octanol–water partition coefficient (Wildman–Crippen LogP) is 3.30. The summed E-state index contributed by atoms with van der Waals surface area (Å²) in [5.74, 6) is 0.653. The fourth-order valence-corrected chi connectivity index (χ4v) is 1.86. The molecule has 1 aromatic heterocycles. The molecule has 0 aromatic carbocycles. The van der Waals surface area contributed by atoms with Crippen molar-refractivity contribution < 1.29 is 0 Å². The molecule has 1 atom stereocenters. The number of allylic oxidation sites excluding steroid dienone is 2. The number of hydrogen-bond acceptors (Lipinski definition) is 1. The van der Waals surface area contributed by atoms with Crippen LogP contribution in [0.5, 0.6) is 0 Å². The van der Waals surface area contributed by atoms with Crippen LogP contribution in [-0.4, -0.2) is 4.98 Å². The lowest BCUT2D eigenvalue weighted by molar-refractivity contribution is 0.603. The van der Waals surface area contributed by atoms with Gasteiger partial charge in [-0.1, -0.05) is 18.2 Å². The second-order valence-electron chi connectivity index (χ2n) is 3.59. The van der Waals surface area contributed by atoms with Gasteiger partial charge in [-0.15, -0.1) is 0 Å². The molecule has 68 valence electrons. The van der Waals surface area contributed by atoms with Crippen LogP contribution in [0.15, 0.2) is 36.5 Å². The van der Waals surface area contributed by atoms with E-state index in [0.29, 0.717) is 5.92 Å². The van der Waals surface area contributed by atoms with Crippen LogP contribution in [-0.2, 0) is 0 Å². The van der Waals surface area contributed by atoms with Crippen molar-refractivity contribution in [2.24, 2.45) is 0 Å². The highest BCUT2D eigenvalue weighted by molar-refractivity contribution is 5.11. The van der Waals surface area contributed by atoms with Gasteiger partial charge in [-0.2, -0.15) is 0 Å². The van der Waals surface area contributed by atoms with Crippen molar-refractivity contribution >= 4 is 0 Å². The Morgan fingerprint density at radius 1 is 1.23 bits per heavy atom. The summed E-state index contributed by atoms with van der Waals surface area (Å²) in [6.07, 6.45) is 11.5. The topological polar surface area (TPSA) is 12.9 Å². The summed E-state index contributed by atoms with van der Waals surface area (Å²) in [7, 11) is 0. The Morgan fingerprint density at radius 2 is 2.23 bits per heavy atom. The van der Waals surface area contributed by atoms with Gasteiger partial charge in [0.25, 0.3) is 0 Å². The van der Waals surface area contributed by atoms with E-state index in [1.54, 1.807) is 0 Å². The third-order valence-corrected chi connectivity index (χ3v) is 2.62. The van der Waals surface area contributed by atoms with Crippen LogP contribution < -0.4 is 0 Å². The maximum atomic E-state index is 4.41. The van der Waals surface area contributed by atoms with E-state index < -0.39 is 0 Å². The Labute approximate surface area is 79.5 Å². The Kier molecular flexibility index (Phi) is 2.75. The molecule has 0 amide bonds. The molecule has 0 bridgehead atoms. The van der Waals surface area contributed by atoms with Crippen LogP contribution in [0.25, 0.3) is 0 Å². The largest absolute Gasteiger partial charge is 0.261 e. The smallest absolute Gasteiger partial charge is 0.0437 e. The van der Waals surface area contributed by atoms with Crippen molar-refractivity contribution in [2.45, 2.75) is 31.6 Å². The summed E-state index contributed by atoms with van der Waals surface area (Å²) in [5, 5.41) is 0. The van der Waals surface area contributed by atoms with Gasteiger partial charge in [-0.25, -0.2) is 0 Å². The molecule has 0 saturated heterocycles. The Morgan fingerprint density at radius 3 is 3.08 bits per heavy atom. The molecule has 1 unspecified atom stereocenters. The molecule has 0 aliphatic heterocycles. The summed E-state index contributed by atoms with van der Waals surface area (Å²) < 4.78 is 0. The SMILES string of the molecule is C1=CCC(c2ccccn2)CCC1. The average Bonchev–Trinajstić information content (AvgIpc) is 2.47. The summed E-state index contributed by atoms with van der Waals surface area (Å²) in [6, 6.07) is 6.21. The molecule has 0 saturated carbocycles. The third-order valence-electron chi connectivity index (χ3n) is 2.62. The van der Waals surface area contributed by atoms with Crippen LogP contribution in [0.1, 0.15) is 37.3 Å². The zero-order valence-corrected chi connectivity index (χ0v) is 7.82. The minimum atomic E-state index is 0.653. The molecule has 1 heterocycles. The normalized spacial score (nSPS) is 22.6. The highest BCUT2D eigenvalue weighted by atomic mass is 14.7. The van der Waals surface area contributed by atoms with E-state index in [0.717, 1.165) is 6.42 Å². The lowest BCUT2D eigenvalue weighted by Gasteiger charge is -2.11. The van der Waals surface area contributed by atoms with Crippen LogP contribution in [0, 0.1) is 0 Å². The van der Waals surface area contributed by atoms with E-state index in [-0.39, 0.29) is 0 Å². The molecule has 1 aliphatic carbocycles. The molecular weight excluding hydrogens is 158 g/mol. The van der Waals surface area contributed by atoms with E-state index in [4.69, 9.17) is 0 Å². The van der Waals surface area contributed by atoms with Crippen LogP contribution >= 0.6 is 0 Å². The fourth-order valence-electron chi connectivity index (χ4n) is 1.86. The van der Waals surface area contributed by atoms with E-state index in [1.807, 2.05) is 12.3 Å². The molecule has 1 heteroatoms. The molecule has 1 aromatic rings. The summed E-state index contributed by atoms with van der Waals surface area (Å²) in [4.78, 5) is 4.41. The Balaban J connectivity index is 2.12. The number of nitrogens with zero attached hydrogens (tertiary/aromatic N) is 1. The standard InChI is InChI=1S/C12H15N/c1-2-4-8-11(7-3-1)12-9-5-6-10-13-12/h1,3,5-6,9-11H,2,4,7-8H2. The zero-order valence-electron chi connectivity index (χ0n) is 7.82. The molecule has 0 N–H and O–H groups in total. The molecular formula is C12H15N. The minimum absolute atomic E-state index is 0.653. The van der Waals surface area contributed by atoms with E-state index >= 15 is 0 Å². The van der Waals surface area contributed by atoms with E-state index in [2.05, 4.69) is 29.3 Å². The number of pyridine rings is 1. The lowest BCUT2D eigenvalue weighted by atomic mass is 9.97.